The van der Waals surface area contributed by atoms with Gasteiger partial charge in [-0.15, -0.1) is 5.10 Å². The Bertz CT molecular complexity index is 857. The second kappa shape index (κ2) is 5.61. The molecule has 0 aliphatic carbocycles. The van der Waals surface area contributed by atoms with Crippen LogP contribution in [0.1, 0.15) is 15.9 Å². The zero-order valence-corrected chi connectivity index (χ0v) is 12.6. The van der Waals surface area contributed by atoms with Crippen LogP contribution in [0.3, 0.4) is 0 Å². The first kappa shape index (κ1) is 14.3. The SMILES string of the molecule is Cc1cccc(C(=O)n2nc(-c3ccccc3Cl)nc2N)c1. The Labute approximate surface area is 132 Å². The van der Waals surface area contributed by atoms with Crippen LogP contribution in [-0.2, 0) is 0 Å². The summed E-state index contributed by atoms with van der Waals surface area (Å²) in [6.45, 7) is 1.91. The third-order valence-corrected chi connectivity index (χ3v) is 3.53. The standard InChI is InChI=1S/C16H13ClN4O/c1-10-5-4-6-11(9-10)15(22)21-16(18)19-14(20-21)12-7-2-3-8-13(12)17/h2-9H,1H3,(H2,18,19,20). The summed E-state index contributed by atoms with van der Waals surface area (Å²) in [6, 6.07) is 14.4. The molecule has 2 N–H and O–H groups in total. The fourth-order valence-corrected chi connectivity index (χ4v) is 2.35. The molecular weight excluding hydrogens is 300 g/mol. The van der Waals surface area contributed by atoms with Gasteiger partial charge < -0.3 is 5.73 Å². The zero-order valence-electron chi connectivity index (χ0n) is 11.8. The molecule has 0 spiro atoms. The summed E-state index contributed by atoms with van der Waals surface area (Å²) < 4.78 is 1.09. The van der Waals surface area contributed by atoms with Gasteiger partial charge in [-0.25, -0.2) is 0 Å². The van der Waals surface area contributed by atoms with E-state index in [9.17, 15) is 4.79 Å². The fraction of sp³-hybridized carbons (Fsp3) is 0.0625. The van der Waals surface area contributed by atoms with Crippen molar-refractivity contribution >= 4 is 23.5 Å². The number of anilines is 1. The van der Waals surface area contributed by atoms with Crippen LogP contribution in [0.2, 0.25) is 5.02 Å². The Morgan fingerprint density at radius 1 is 1.18 bits per heavy atom. The van der Waals surface area contributed by atoms with Crippen LogP contribution in [0.15, 0.2) is 48.5 Å². The number of benzene rings is 2. The predicted octanol–water partition coefficient (Wildman–Crippen LogP) is 3.18. The highest BCUT2D eigenvalue weighted by Crippen LogP contribution is 2.25. The van der Waals surface area contributed by atoms with Crippen LogP contribution < -0.4 is 5.73 Å². The van der Waals surface area contributed by atoms with Gasteiger partial charge in [0, 0.05) is 11.1 Å². The van der Waals surface area contributed by atoms with E-state index in [1.165, 1.54) is 0 Å². The molecule has 0 saturated heterocycles. The summed E-state index contributed by atoms with van der Waals surface area (Å²) in [7, 11) is 0. The quantitative estimate of drug-likeness (QED) is 0.788. The molecule has 1 aromatic heterocycles. The summed E-state index contributed by atoms with van der Waals surface area (Å²) in [5.74, 6) is 0.0255. The average molecular weight is 313 g/mol. The molecule has 5 nitrogen and oxygen atoms in total. The lowest BCUT2D eigenvalue weighted by Crippen LogP contribution is -2.16. The second-order valence-corrected chi connectivity index (χ2v) is 5.27. The Morgan fingerprint density at radius 2 is 1.95 bits per heavy atom. The zero-order chi connectivity index (χ0) is 15.7. The summed E-state index contributed by atoms with van der Waals surface area (Å²) in [5, 5.41) is 4.70. The van der Waals surface area contributed by atoms with Crippen molar-refractivity contribution in [3.63, 3.8) is 0 Å². The molecular formula is C16H13ClN4O. The maximum atomic E-state index is 12.5. The van der Waals surface area contributed by atoms with Crippen LogP contribution in [-0.4, -0.2) is 20.7 Å². The van der Waals surface area contributed by atoms with E-state index in [-0.39, 0.29) is 11.9 Å². The highest BCUT2D eigenvalue weighted by molar-refractivity contribution is 6.33. The van der Waals surface area contributed by atoms with E-state index in [1.54, 1.807) is 24.3 Å². The lowest BCUT2D eigenvalue weighted by molar-refractivity contribution is 0.0948. The minimum absolute atomic E-state index is 0.0291. The van der Waals surface area contributed by atoms with Crippen LogP contribution in [0.5, 0.6) is 0 Å². The van der Waals surface area contributed by atoms with Gasteiger partial charge in [0.2, 0.25) is 5.95 Å². The van der Waals surface area contributed by atoms with Gasteiger partial charge >= 0.3 is 0 Å². The molecule has 0 amide bonds. The van der Waals surface area contributed by atoms with Crippen molar-refractivity contribution in [3.05, 3.63) is 64.7 Å². The number of nitrogens with two attached hydrogens (primary N) is 1. The summed E-state index contributed by atoms with van der Waals surface area (Å²) in [5.41, 5.74) is 7.95. The first-order valence-corrected chi connectivity index (χ1v) is 7.03. The maximum absolute atomic E-state index is 12.5. The van der Waals surface area contributed by atoms with E-state index in [0.29, 0.717) is 22.0 Å². The number of hydrogen-bond acceptors (Lipinski definition) is 4. The third kappa shape index (κ3) is 2.58. The number of aryl methyl sites for hydroxylation is 1. The molecule has 0 atom stereocenters. The monoisotopic (exact) mass is 312 g/mol. The fourth-order valence-electron chi connectivity index (χ4n) is 2.13. The molecule has 0 unspecified atom stereocenters. The van der Waals surface area contributed by atoms with Gasteiger partial charge in [-0.05, 0) is 31.2 Å². The summed E-state index contributed by atoms with van der Waals surface area (Å²) in [6.07, 6.45) is 0. The molecule has 3 rings (SSSR count). The maximum Gasteiger partial charge on any atom is 0.281 e. The van der Waals surface area contributed by atoms with Gasteiger partial charge in [-0.2, -0.15) is 9.67 Å². The van der Waals surface area contributed by atoms with E-state index in [2.05, 4.69) is 10.1 Å². The normalized spacial score (nSPS) is 10.6. The number of nitrogen functional groups attached to an aromatic ring is 1. The van der Waals surface area contributed by atoms with Gasteiger partial charge in [0.05, 0.1) is 5.02 Å². The molecule has 0 aliphatic heterocycles. The largest absolute Gasteiger partial charge is 0.368 e. The van der Waals surface area contributed by atoms with Crippen LogP contribution in [0, 0.1) is 6.92 Å². The van der Waals surface area contributed by atoms with Crippen LogP contribution in [0.4, 0.5) is 5.95 Å². The lowest BCUT2D eigenvalue weighted by atomic mass is 10.1. The average Bonchev–Trinajstić information content (AvgIpc) is 2.88. The first-order valence-electron chi connectivity index (χ1n) is 6.65. The summed E-state index contributed by atoms with van der Waals surface area (Å²) >= 11 is 6.12. The Kier molecular flexibility index (Phi) is 3.65. The van der Waals surface area contributed by atoms with Crippen LogP contribution in [0.25, 0.3) is 11.4 Å². The van der Waals surface area contributed by atoms with E-state index in [4.69, 9.17) is 17.3 Å². The highest BCUT2D eigenvalue weighted by Gasteiger charge is 2.17. The van der Waals surface area contributed by atoms with Crippen molar-refractivity contribution in [2.75, 3.05) is 5.73 Å². The molecule has 0 saturated carbocycles. The Morgan fingerprint density at radius 3 is 2.68 bits per heavy atom. The van der Waals surface area contributed by atoms with Crippen molar-refractivity contribution in [1.29, 1.82) is 0 Å². The number of rotatable bonds is 2. The number of aromatic nitrogens is 3. The lowest BCUT2D eigenvalue weighted by Gasteiger charge is -2.02. The summed E-state index contributed by atoms with van der Waals surface area (Å²) in [4.78, 5) is 16.6. The van der Waals surface area contributed by atoms with Crippen molar-refractivity contribution in [2.45, 2.75) is 6.92 Å². The number of hydrogen-bond donors (Lipinski definition) is 1. The van der Waals surface area contributed by atoms with E-state index < -0.39 is 0 Å². The molecule has 0 radical (unpaired) electrons. The molecule has 0 bridgehead atoms. The van der Waals surface area contributed by atoms with Gasteiger partial charge in [-0.1, -0.05) is 41.4 Å². The van der Waals surface area contributed by atoms with E-state index in [1.807, 2.05) is 31.2 Å². The van der Waals surface area contributed by atoms with Crippen molar-refractivity contribution in [2.24, 2.45) is 0 Å². The van der Waals surface area contributed by atoms with Gasteiger partial charge in [0.25, 0.3) is 5.91 Å². The van der Waals surface area contributed by atoms with Crippen molar-refractivity contribution in [3.8, 4) is 11.4 Å². The van der Waals surface area contributed by atoms with Gasteiger partial charge in [0.1, 0.15) is 0 Å². The van der Waals surface area contributed by atoms with Crippen molar-refractivity contribution in [1.82, 2.24) is 14.8 Å². The highest BCUT2D eigenvalue weighted by atomic mass is 35.5. The number of nitrogens with zero attached hydrogens (tertiary/aromatic N) is 3. The minimum atomic E-state index is -0.327. The molecule has 2 aromatic carbocycles. The first-order chi connectivity index (χ1) is 10.6. The van der Waals surface area contributed by atoms with Crippen LogP contribution >= 0.6 is 11.6 Å². The molecule has 110 valence electrons. The molecule has 0 fully saturated rings. The van der Waals surface area contributed by atoms with Crippen molar-refractivity contribution < 1.29 is 4.79 Å². The smallest absolute Gasteiger partial charge is 0.281 e. The number of halogens is 1. The molecule has 3 aromatic rings. The van der Waals surface area contributed by atoms with E-state index >= 15 is 0 Å². The van der Waals surface area contributed by atoms with E-state index in [0.717, 1.165) is 10.2 Å². The third-order valence-electron chi connectivity index (χ3n) is 3.20. The molecule has 0 aliphatic rings. The molecule has 22 heavy (non-hydrogen) atoms. The number of carbonyl (C=O) groups excluding carboxylic acids is 1. The molecule has 1 heterocycles. The minimum Gasteiger partial charge on any atom is -0.368 e. The second-order valence-electron chi connectivity index (χ2n) is 4.86. The predicted molar refractivity (Wildman–Crippen MR) is 85.8 cm³/mol. The molecule has 6 heteroatoms. The van der Waals surface area contributed by atoms with Gasteiger partial charge in [-0.3, -0.25) is 4.79 Å². The Hall–Kier alpha value is -2.66. The van der Waals surface area contributed by atoms with Gasteiger partial charge in [0.15, 0.2) is 5.82 Å². The Balaban J connectivity index is 2.03. The number of carbonyl (C=O) groups is 1. The topological polar surface area (TPSA) is 73.8 Å².